The first kappa shape index (κ1) is 22.8. The van der Waals surface area contributed by atoms with Crippen LogP contribution in [0.15, 0.2) is 36.4 Å². The molecule has 0 aliphatic carbocycles. The number of halogens is 6. The summed E-state index contributed by atoms with van der Waals surface area (Å²) in [6.45, 7) is 0. The molecular formula is C21H15AlF6O3. The third-order valence-electron chi connectivity index (χ3n) is 4.73. The Balaban J connectivity index is 2.41. The zero-order valence-electron chi connectivity index (χ0n) is 16.5. The summed E-state index contributed by atoms with van der Waals surface area (Å²) in [5.41, 5.74) is 0. The molecule has 0 radical (unpaired) electrons. The molecule has 0 saturated carbocycles. The number of ether oxygens (including phenoxy) is 3. The van der Waals surface area contributed by atoms with Crippen LogP contribution in [0.2, 0.25) is 0 Å². The Kier molecular flexibility index (Phi) is 6.72. The third kappa shape index (κ3) is 4.31. The van der Waals surface area contributed by atoms with Crippen LogP contribution in [0.3, 0.4) is 0 Å². The normalized spacial score (nSPS) is 10.7. The molecule has 3 nitrogen and oxygen atoms in total. The van der Waals surface area contributed by atoms with Crippen molar-refractivity contribution in [2.24, 2.45) is 0 Å². The largest absolute Gasteiger partial charge is 0.497 e. The second kappa shape index (κ2) is 9.12. The lowest BCUT2D eigenvalue weighted by Gasteiger charge is -2.19. The van der Waals surface area contributed by atoms with Crippen molar-refractivity contribution in [1.82, 2.24) is 0 Å². The SMILES string of the molecule is COc1cc(F)[c]([Al]([c]2c(F)cc(OC)cc2F)[c]2c(F)cc(OC)cc2F)c(F)c1. The van der Waals surface area contributed by atoms with E-state index in [9.17, 15) is 26.3 Å². The van der Waals surface area contributed by atoms with Crippen molar-refractivity contribution in [1.29, 1.82) is 0 Å². The van der Waals surface area contributed by atoms with Crippen LogP contribution in [-0.4, -0.2) is 35.5 Å². The van der Waals surface area contributed by atoms with Crippen LogP contribution >= 0.6 is 0 Å². The second-order valence-corrected chi connectivity index (χ2v) is 9.05. The van der Waals surface area contributed by atoms with E-state index in [2.05, 4.69) is 0 Å². The second-order valence-electron chi connectivity index (χ2n) is 6.45. The quantitative estimate of drug-likeness (QED) is 0.422. The van der Waals surface area contributed by atoms with E-state index in [1.165, 1.54) is 0 Å². The lowest BCUT2D eigenvalue weighted by Crippen LogP contribution is -2.59. The Morgan fingerprint density at radius 3 is 0.806 bits per heavy atom. The molecule has 0 heterocycles. The molecule has 0 aliphatic heterocycles. The fourth-order valence-electron chi connectivity index (χ4n) is 3.30. The summed E-state index contributed by atoms with van der Waals surface area (Å²) in [4.78, 5) is 0. The average molecular weight is 456 g/mol. The van der Waals surface area contributed by atoms with Gasteiger partial charge in [-0.15, -0.1) is 0 Å². The number of rotatable bonds is 6. The topological polar surface area (TPSA) is 27.7 Å². The van der Waals surface area contributed by atoms with E-state index in [0.717, 1.165) is 57.7 Å². The summed E-state index contributed by atoms with van der Waals surface area (Å²) in [6, 6.07) is 4.65. The molecule has 0 bridgehead atoms. The third-order valence-corrected chi connectivity index (χ3v) is 8.12. The monoisotopic (exact) mass is 456 g/mol. The Hall–Kier alpha value is -2.83. The van der Waals surface area contributed by atoms with Gasteiger partial charge in [0.25, 0.3) is 0 Å². The number of hydrogen-bond acceptors (Lipinski definition) is 3. The van der Waals surface area contributed by atoms with Crippen molar-refractivity contribution in [2.45, 2.75) is 0 Å². The van der Waals surface area contributed by atoms with Crippen molar-refractivity contribution < 1.29 is 40.6 Å². The molecule has 0 spiro atoms. The highest BCUT2D eigenvalue weighted by Crippen LogP contribution is 2.20. The van der Waals surface area contributed by atoms with Crippen molar-refractivity contribution in [3.05, 3.63) is 71.3 Å². The maximum Gasteiger partial charge on any atom is 0.411 e. The summed E-state index contributed by atoms with van der Waals surface area (Å²) in [7, 11) is 3.48. The Labute approximate surface area is 178 Å². The molecule has 10 heteroatoms. The van der Waals surface area contributed by atoms with Gasteiger partial charge in [-0.3, -0.25) is 0 Å². The van der Waals surface area contributed by atoms with Gasteiger partial charge in [0.2, 0.25) is 0 Å². The van der Waals surface area contributed by atoms with Crippen LogP contribution in [-0.2, 0) is 0 Å². The van der Waals surface area contributed by atoms with Crippen molar-refractivity contribution in [3.63, 3.8) is 0 Å². The van der Waals surface area contributed by atoms with Gasteiger partial charge in [0.15, 0.2) is 0 Å². The van der Waals surface area contributed by atoms with Gasteiger partial charge >= 0.3 is 14.1 Å². The Bertz CT molecular complexity index is 928. The van der Waals surface area contributed by atoms with Crippen LogP contribution in [0.4, 0.5) is 26.3 Å². The van der Waals surface area contributed by atoms with Crippen molar-refractivity contribution >= 4 is 27.4 Å². The fraction of sp³-hybridized carbons (Fsp3) is 0.143. The van der Waals surface area contributed by atoms with E-state index in [1.54, 1.807) is 0 Å². The van der Waals surface area contributed by atoms with E-state index in [-0.39, 0.29) is 17.2 Å². The lowest BCUT2D eigenvalue weighted by atomic mass is 10.3. The van der Waals surface area contributed by atoms with Crippen molar-refractivity contribution in [3.8, 4) is 17.2 Å². The van der Waals surface area contributed by atoms with Crippen LogP contribution in [0, 0.1) is 34.9 Å². The van der Waals surface area contributed by atoms with Crippen LogP contribution in [0.25, 0.3) is 0 Å². The van der Waals surface area contributed by atoms with E-state index in [1.807, 2.05) is 0 Å². The minimum atomic E-state index is -4.06. The highest BCUT2D eigenvalue weighted by atomic mass is 27.2. The zero-order chi connectivity index (χ0) is 22.9. The van der Waals surface area contributed by atoms with Gasteiger partial charge in [-0.1, -0.05) is 0 Å². The first-order valence-corrected chi connectivity index (χ1v) is 10.5. The molecule has 0 amide bonds. The molecule has 3 rings (SSSR count). The molecule has 31 heavy (non-hydrogen) atoms. The molecule has 0 aromatic heterocycles. The summed E-state index contributed by atoms with van der Waals surface area (Å²) in [5, 5.41) is 0. The summed E-state index contributed by atoms with van der Waals surface area (Å²) in [6.07, 6.45) is 0. The Morgan fingerprint density at radius 1 is 0.452 bits per heavy atom. The highest BCUT2D eigenvalue weighted by molar-refractivity contribution is 6.95. The van der Waals surface area contributed by atoms with Gasteiger partial charge in [-0.2, -0.15) is 0 Å². The maximum atomic E-state index is 14.9. The smallest absolute Gasteiger partial charge is 0.411 e. The molecule has 0 atom stereocenters. The number of hydrogen-bond donors (Lipinski definition) is 0. The van der Waals surface area contributed by atoms with Crippen molar-refractivity contribution in [2.75, 3.05) is 21.3 Å². The molecule has 0 aliphatic rings. The van der Waals surface area contributed by atoms with Gasteiger partial charge in [-0.05, 0) is 13.3 Å². The molecule has 3 aromatic rings. The van der Waals surface area contributed by atoms with Gasteiger partial charge < -0.3 is 14.2 Å². The summed E-state index contributed by atoms with van der Waals surface area (Å²) < 4.78 is 101. The number of benzene rings is 3. The van der Waals surface area contributed by atoms with Gasteiger partial charge in [0.1, 0.15) is 52.2 Å². The Morgan fingerprint density at radius 2 is 0.645 bits per heavy atom. The fourth-order valence-corrected chi connectivity index (χ4v) is 6.32. The van der Waals surface area contributed by atoms with E-state index < -0.39 is 62.3 Å². The summed E-state index contributed by atoms with van der Waals surface area (Å²) in [5.74, 6) is -8.14. The van der Waals surface area contributed by atoms with Crippen LogP contribution in [0.1, 0.15) is 0 Å². The van der Waals surface area contributed by atoms with Crippen LogP contribution in [0.5, 0.6) is 17.2 Å². The minimum absolute atomic E-state index is 0.210. The first-order valence-electron chi connectivity index (χ1n) is 8.80. The van der Waals surface area contributed by atoms with E-state index >= 15 is 0 Å². The van der Waals surface area contributed by atoms with Crippen LogP contribution < -0.4 is 27.5 Å². The number of methoxy groups -OCH3 is 3. The maximum absolute atomic E-state index is 14.9. The predicted molar refractivity (Wildman–Crippen MR) is 103 cm³/mol. The van der Waals surface area contributed by atoms with E-state index in [0.29, 0.717) is 0 Å². The molecule has 3 aromatic carbocycles. The molecule has 0 unspecified atom stereocenters. The molecule has 0 N–H and O–H groups in total. The molecule has 162 valence electrons. The highest BCUT2D eigenvalue weighted by Gasteiger charge is 2.40. The van der Waals surface area contributed by atoms with E-state index in [4.69, 9.17) is 14.2 Å². The van der Waals surface area contributed by atoms with Gasteiger partial charge in [0, 0.05) is 36.4 Å². The van der Waals surface area contributed by atoms with Gasteiger partial charge in [-0.25, -0.2) is 26.3 Å². The molecular weight excluding hydrogens is 441 g/mol. The minimum Gasteiger partial charge on any atom is -0.497 e. The summed E-state index contributed by atoms with van der Waals surface area (Å²) >= 11 is -4.06. The molecule has 0 saturated heterocycles. The zero-order valence-corrected chi connectivity index (χ0v) is 17.7. The average Bonchev–Trinajstić information content (AvgIpc) is 2.71. The first-order chi connectivity index (χ1) is 14.7. The lowest BCUT2D eigenvalue weighted by molar-refractivity contribution is 0.407. The van der Waals surface area contributed by atoms with Gasteiger partial charge in [0.05, 0.1) is 21.3 Å². The molecule has 0 fully saturated rings. The standard InChI is InChI=1S/3C7H5F2O.Al/c3*1-10-7-3-5(8)2-6(9)4-7;/h3*3-4H,1H3;. The predicted octanol–water partition coefficient (Wildman–Crippen LogP) is 3.06.